The second-order valence-electron chi connectivity index (χ2n) is 8.09. The van der Waals surface area contributed by atoms with Gasteiger partial charge in [-0.1, -0.05) is 6.42 Å². The van der Waals surface area contributed by atoms with Crippen LogP contribution in [0.25, 0.3) is 0 Å². The third kappa shape index (κ3) is 6.49. The Hall–Kier alpha value is 0.190. The zero-order chi connectivity index (χ0) is 16.6. The van der Waals surface area contributed by atoms with E-state index < -0.39 is 0 Å². The second-order valence-corrected chi connectivity index (χ2v) is 9.32. The van der Waals surface area contributed by atoms with Gasteiger partial charge in [0.2, 0.25) is 0 Å². The summed E-state index contributed by atoms with van der Waals surface area (Å²) in [5.74, 6) is 4.20. The van der Waals surface area contributed by atoms with Crippen LogP contribution < -0.4 is 0 Å². The van der Waals surface area contributed by atoms with E-state index in [9.17, 15) is 0 Å². The zero-order valence-corrected chi connectivity index (χ0v) is 16.4. The molecule has 140 valence electrons. The van der Waals surface area contributed by atoms with Crippen molar-refractivity contribution in [2.45, 2.75) is 25.7 Å². The van der Waals surface area contributed by atoms with Gasteiger partial charge in [-0.3, -0.25) is 0 Å². The summed E-state index contributed by atoms with van der Waals surface area (Å²) in [6, 6.07) is 0. The predicted molar refractivity (Wildman–Crippen MR) is 104 cm³/mol. The van der Waals surface area contributed by atoms with Crippen LogP contribution in [-0.4, -0.2) is 98.8 Å². The van der Waals surface area contributed by atoms with Crippen LogP contribution in [-0.2, 0) is 4.74 Å². The first-order valence-electron chi connectivity index (χ1n) is 10.1. The van der Waals surface area contributed by atoms with E-state index in [2.05, 4.69) is 33.5 Å². The Morgan fingerprint density at radius 3 is 2.75 bits per heavy atom. The number of nitrogens with zero attached hydrogens (tertiary/aromatic N) is 3. The zero-order valence-electron chi connectivity index (χ0n) is 15.6. The molecule has 4 nitrogen and oxygen atoms in total. The van der Waals surface area contributed by atoms with Crippen LogP contribution >= 0.6 is 11.8 Å². The quantitative estimate of drug-likeness (QED) is 0.767. The van der Waals surface area contributed by atoms with Crippen LogP contribution in [0.5, 0.6) is 0 Å². The minimum Gasteiger partial charge on any atom is -0.380 e. The highest BCUT2D eigenvalue weighted by Gasteiger charge is 2.24. The normalized spacial score (nSPS) is 32.9. The fraction of sp³-hybridized carbons (Fsp3) is 1.00. The van der Waals surface area contributed by atoms with Crippen molar-refractivity contribution in [1.29, 1.82) is 0 Å². The lowest BCUT2D eigenvalue weighted by Crippen LogP contribution is -2.41. The Labute approximate surface area is 153 Å². The molecule has 0 aromatic heterocycles. The van der Waals surface area contributed by atoms with Crippen LogP contribution in [0, 0.1) is 11.8 Å². The molecule has 3 heterocycles. The molecule has 24 heavy (non-hydrogen) atoms. The summed E-state index contributed by atoms with van der Waals surface area (Å²) < 4.78 is 5.96. The van der Waals surface area contributed by atoms with Crippen molar-refractivity contribution < 1.29 is 4.74 Å². The van der Waals surface area contributed by atoms with Gasteiger partial charge in [-0.2, -0.15) is 11.8 Å². The van der Waals surface area contributed by atoms with Crippen molar-refractivity contribution in [1.82, 2.24) is 14.7 Å². The van der Waals surface area contributed by atoms with Gasteiger partial charge in [-0.25, -0.2) is 0 Å². The topological polar surface area (TPSA) is 19.0 Å². The van der Waals surface area contributed by atoms with E-state index in [1.807, 2.05) is 0 Å². The maximum atomic E-state index is 5.96. The summed E-state index contributed by atoms with van der Waals surface area (Å²) in [5.41, 5.74) is 0. The van der Waals surface area contributed by atoms with Gasteiger partial charge in [0, 0.05) is 50.9 Å². The molecule has 5 heteroatoms. The van der Waals surface area contributed by atoms with Crippen molar-refractivity contribution in [3.05, 3.63) is 0 Å². The summed E-state index contributed by atoms with van der Waals surface area (Å²) in [6.07, 6.45) is 5.56. The third-order valence-corrected chi connectivity index (χ3v) is 6.79. The van der Waals surface area contributed by atoms with Crippen molar-refractivity contribution in [3.8, 4) is 0 Å². The molecule has 3 aliphatic rings. The molecule has 0 amide bonds. The lowest BCUT2D eigenvalue weighted by Gasteiger charge is -2.31. The van der Waals surface area contributed by atoms with E-state index in [-0.39, 0.29) is 0 Å². The summed E-state index contributed by atoms with van der Waals surface area (Å²) >= 11 is 2.12. The average molecular weight is 356 g/mol. The standard InChI is InChI=1S/C19H37N3OS/c1-20-6-3-2-5-18(13-20)14-22-8-10-23-17-19(16-22)15-21-7-4-11-24-12-9-21/h18-19H,2-17H2,1H3. The first kappa shape index (κ1) is 19.0. The lowest BCUT2D eigenvalue weighted by molar-refractivity contribution is 0.106. The van der Waals surface area contributed by atoms with E-state index in [4.69, 9.17) is 4.74 Å². The SMILES string of the molecule is CN1CCCCC(CN2CCOCC(CN3CCCSCC3)C2)C1. The molecule has 2 atom stereocenters. The first-order chi connectivity index (χ1) is 11.8. The minimum absolute atomic E-state index is 0.694. The first-order valence-corrected chi connectivity index (χ1v) is 11.2. The Morgan fingerprint density at radius 2 is 1.79 bits per heavy atom. The van der Waals surface area contributed by atoms with Crippen molar-refractivity contribution in [2.75, 3.05) is 84.1 Å². The largest absolute Gasteiger partial charge is 0.380 e. The molecule has 3 rings (SSSR count). The highest BCUT2D eigenvalue weighted by atomic mass is 32.2. The molecule has 0 bridgehead atoms. The number of thioether (sulfide) groups is 1. The summed E-state index contributed by atoms with van der Waals surface area (Å²) in [5, 5.41) is 0. The van der Waals surface area contributed by atoms with Gasteiger partial charge in [0.25, 0.3) is 0 Å². The molecule has 3 saturated heterocycles. The van der Waals surface area contributed by atoms with E-state index in [1.165, 1.54) is 83.0 Å². The Balaban J connectivity index is 1.48. The van der Waals surface area contributed by atoms with Crippen LogP contribution in [0.15, 0.2) is 0 Å². The van der Waals surface area contributed by atoms with Crippen molar-refractivity contribution >= 4 is 11.8 Å². The molecule has 2 unspecified atom stereocenters. The molecule has 0 N–H and O–H groups in total. The van der Waals surface area contributed by atoms with E-state index in [1.54, 1.807) is 0 Å². The highest BCUT2D eigenvalue weighted by Crippen LogP contribution is 2.19. The van der Waals surface area contributed by atoms with Gasteiger partial charge in [0.15, 0.2) is 0 Å². The smallest absolute Gasteiger partial charge is 0.0593 e. The molecular formula is C19H37N3OS. The van der Waals surface area contributed by atoms with Crippen molar-refractivity contribution in [2.24, 2.45) is 11.8 Å². The molecule has 3 aliphatic heterocycles. The Bertz CT molecular complexity index is 350. The van der Waals surface area contributed by atoms with Crippen LogP contribution in [0.3, 0.4) is 0 Å². The maximum absolute atomic E-state index is 5.96. The lowest BCUT2D eigenvalue weighted by atomic mass is 10.0. The fourth-order valence-electron chi connectivity index (χ4n) is 4.53. The molecule has 0 saturated carbocycles. The monoisotopic (exact) mass is 355 g/mol. The number of rotatable bonds is 4. The van der Waals surface area contributed by atoms with Gasteiger partial charge in [-0.05, 0) is 51.1 Å². The van der Waals surface area contributed by atoms with Crippen LogP contribution in [0.4, 0.5) is 0 Å². The van der Waals surface area contributed by atoms with E-state index >= 15 is 0 Å². The molecule has 3 fully saturated rings. The number of hydrogen-bond acceptors (Lipinski definition) is 5. The summed E-state index contributed by atoms with van der Waals surface area (Å²) in [4.78, 5) is 7.95. The van der Waals surface area contributed by atoms with Gasteiger partial charge < -0.3 is 19.4 Å². The maximum Gasteiger partial charge on any atom is 0.0593 e. The van der Waals surface area contributed by atoms with Crippen molar-refractivity contribution in [3.63, 3.8) is 0 Å². The molecular weight excluding hydrogens is 318 g/mol. The third-order valence-electron chi connectivity index (χ3n) is 5.74. The Morgan fingerprint density at radius 1 is 0.875 bits per heavy atom. The van der Waals surface area contributed by atoms with E-state index in [0.717, 1.165) is 25.7 Å². The molecule has 0 aromatic rings. The highest BCUT2D eigenvalue weighted by molar-refractivity contribution is 7.99. The fourth-order valence-corrected chi connectivity index (χ4v) is 5.45. The predicted octanol–water partition coefficient (Wildman–Crippen LogP) is 2.11. The van der Waals surface area contributed by atoms with Gasteiger partial charge in [0.05, 0.1) is 13.2 Å². The van der Waals surface area contributed by atoms with Gasteiger partial charge in [0.1, 0.15) is 0 Å². The minimum atomic E-state index is 0.694. The van der Waals surface area contributed by atoms with Gasteiger partial charge in [-0.15, -0.1) is 0 Å². The Kier molecular flexibility index (Phi) is 8.19. The number of hydrogen-bond donors (Lipinski definition) is 0. The summed E-state index contributed by atoms with van der Waals surface area (Å²) in [6.45, 7) is 11.9. The molecule has 0 radical (unpaired) electrons. The van der Waals surface area contributed by atoms with Crippen LogP contribution in [0.1, 0.15) is 25.7 Å². The molecule has 0 spiro atoms. The van der Waals surface area contributed by atoms with Crippen LogP contribution in [0.2, 0.25) is 0 Å². The van der Waals surface area contributed by atoms with Gasteiger partial charge >= 0.3 is 0 Å². The summed E-state index contributed by atoms with van der Waals surface area (Å²) in [7, 11) is 2.30. The number of ether oxygens (including phenoxy) is 1. The van der Waals surface area contributed by atoms with E-state index in [0.29, 0.717) is 5.92 Å². The molecule has 0 aromatic carbocycles. The molecule has 0 aliphatic carbocycles. The second kappa shape index (κ2) is 10.4. The average Bonchev–Trinajstić information content (AvgIpc) is 3.02. The number of likely N-dealkylation sites (tertiary alicyclic amines) is 1.